The Hall–Kier alpha value is -1.17. The average molecular weight is 560 g/mol. The molecular formula is C27H43ClKN5O3. The number of carbonyl (C=O) groups is 1. The molecule has 5 N–H and O–H groups in total. The summed E-state index contributed by atoms with van der Waals surface area (Å²) in [6.07, 6.45) is 10.2. The van der Waals surface area contributed by atoms with Gasteiger partial charge in [-0.1, -0.05) is 44.2 Å². The molecule has 1 aromatic heterocycles. The quantitative estimate of drug-likeness (QED) is 0.204. The van der Waals surface area contributed by atoms with Crippen LogP contribution in [0.5, 0.6) is 5.75 Å². The van der Waals surface area contributed by atoms with E-state index in [9.17, 15) is 4.79 Å². The third-order valence-electron chi connectivity index (χ3n) is 5.51. The Morgan fingerprint density at radius 2 is 2.00 bits per heavy atom. The van der Waals surface area contributed by atoms with E-state index in [1.165, 1.54) is 0 Å². The van der Waals surface area contributed by atoms with Crippen molar-refractivity contribution in [3.05, 3.63) is 71.4 Å². The third kappa shape index (κ3) is 14.5. The fourth-order valence-corrected chi connectivity index (χ4v) is 4.01. The minimum atomic E-state index is -0.0233. The maximum Gasteiger partial charge on any atom is 1.00 e. The average Bonchev–Trinajstić information content (AvgIpc) is 2.83. The Morgan fingerprint density at radius 1 is 1.32 bits per heavy atom. The van der Waals surface area contributed by atoms with Gasteiger partial charge in [-0.3, -0.25) is 4.79 Å². The summed E-state index contributed by atoms with van der Waals surface area (Å²) < 4.78 is 10.8. The van der Waals surface area contributed by atoms with Gasteiger partial charge in [0.25, 0.3) is 0 Å². The smallest absolute Gasteiger partial charge is 0.693 e. The van der Waals surface area contributed by atoms with Gasteiger partial charge in [0, 0.05) is 55.3 Å². The molecule has 8 nitrogen and oxygen atoms in total. The topological polar surface area (TPSA) is 118 Å². The molecule has 0 radical (unpaired) electrons. The standard InChI is InChI=1S/C20H31ClN2O2.C7H10N2O.K.H2N/c1-7-25-19-9-8-17(21)10-16(19)12-20(4,5)11-14(2)23-18(13-24)15(3)22-6;1-8-7-5-6(10-2)3-4-9-7;;/h8-10,13,16,19,22-23H,2,7,11-12H2,1,3-6H3;3-5H,1-2H3,(H,8,9);;1H2/q;;+1;-1/b18-15+;;;. The molecule has 0 spiro atoms. The van der Waals surface area contributed by atoms with Crippen LogP contribution in [0, 0.1) is 11.3 Å². The summed E-state index contributed by atoms with van der Waals surface area (Å²) in [7, 11) is 5.24. The minimum absolute atomic E-state index is 0. The summed E-state index contributed by atoms with van der Waals surface area (Å²) in [4.78, 5) is 15.2. The van der Waals surface area contributed by atoms with Crippen LogP contribution < -0.4 is 72.1 Å². The summed E-state index contributed by atoms with van der Waals surface area (Å²) in [5.74, 6) is 1.86. The van der Waals surface area contributed by atoms with E-state index in [2.05, 4.69) is 47.4 Å². The second-order valence-electron chi connectivity index (χ2n) is 9.01. The van der Waals surface area contributed by atoms with Crippen molar-refractivity contribution >= 4 is 23.7 Å². The number of methoxy groups -OCH3 is 1. The number of nitrogens with one attached hydrogen (secondary N) is 3. The van der Waals surface area contributed by atoms with Gasteiger partial charge in [0.1, 0.15) is 11.6 Å². The second kappa shape index (κ2) is 19.8. The van der Waals surface area contributed by atoms with Gasteiger partial charge < -0.3 is 31.6 Å². The molecule has 0 saturated heterocycles. The predicted molar refractivity (Wildman–Crippen MR) is 151 cm³/mol. The molecule has 2 unspecified atom stereocenters. The van der Waals surface area contributed by atoms with Crippen molar-refractivity contribution in [1.82, 2.24) is 15.6 Å². The van der Waals surface area contributed by atoms with Crippen molar-refractivity contribution in [2.24, 2.45) is 11.3 Å². The van der Waals surface area contributed by atoms with Crippen LogP contribution in [0.2, 0.25) is 0 Å². The summed E-state index contributed by atoms with van der Waals surface area (Å²) in [5.41, 5.74) is 2.09. The largest absolute Gasteiger partial charge is 1.00 e. The first-order chi connectivity index (χ1) is 16.6. The first-order valence-electron chi connectivity index (χ1n) is 11.7. The molecule has 2 atom stereocenters. The van der Waals surface area contributed by atoms with Crippen molar-refractivity contribution < 1.29 is 65.7 Å². The Kier molecular flexibility index (Phi) is 20.4. The van der Waals surface area contributed by atoms with Crippen molar-refractivity contribution in [3.8, 4) is 5.75 Å². The zero-order chi connectivity index (χ0) is 26.4. The molecule has 202 valence electrons. The SMILES string of the molecule is C=C(CC(C)(C)CC1C=C(Cl)C=CC1OCC)N/C(C=O)=C(\C)NC.CNc1cc(OC)ccn1.[K+].[NH2-]. The molecule has 1 aliphatic rings. The van der Waals surface area contributed by atoms with E-state index < -0.39 is 0 Å². The van der Waals surface area contributed by atoms with E-state index in [0.717, 1.165) is 47.1 Å². The molecule has 0 aromatic carbocycles. The van der Waals surface area contributed by atoms with Gasteiger partial charge in [-0.2, -0.15) is 0 Å². The number of hydrogen-bond donors (Lipinski definition) is 3. The third-order valence-corrected chi connectivity index (χ3v) is 5.76. The van der Waals surface area contributed by atoms with Gasteiger partial charge in [0.05, 0.1) is 18.9 Å². The Bertz CT molecular complexity index is 915. The van der Waals surface area contributed by atoms with Crippen LogP contribution in [-0.2, 0) is 9.53 Å². The Labute approximate surface area is 270 Å². The van der Waals surface area contributed by atoms with Gasteiger partial charge in [-0.25, -0.2) is 4.98 Å². The summed E-state index contributed by atoms with van der Waals surface area (Å²) in [5, 5.41) is 9.76. The van der Waals surface area contributed by atoms with E-state index in [1.54, 1.807) is 26.4 Å². The summed E-state index contributed by atoms with van der Waals surface area (Å²) in [6.45, 7) is 13.0. The molecule has 37 heavy (non-hydrogen) atoms. The van der Waals surface area contributed by atoms with Gasteiger partial charge in [-0.05, 0) is 44.2 Å². The van der Waals surface area contributed by atoms with Crippen LogP contribution >= 0.6 is 11.6 Å². The fraction of sp³-hybridized carbons (Fsp3) is 0.481. The molecule has 0 aliphatic heterocycles. The number of allylic oxidation sites excluding steroid dienone is 5. The van der Waals surface area contributed by atoms with E-state index >= 15 is 0 Å². The number of ether oxygens (including phenoxy) is 2. The molecule has 2 rings (SSSR count). The van der Waals surface area contributed by atoms with E-state index in [1.807, 2.05) is 39.1 Å². The number of halogens is 1. The number of aromatic nitrogens is 1. The van der Waals surface area contributed by atoms with Crippen LogP contribution in [0.15, 0.2) is 65.3 Å². The van der Waals surface area contributed by atoms with Crippen LogP contribution in [0.1, 0.15) is 40.5 Å². The van der Waals surface area contributed by atoms with Crippen LogP contribution in [0.3, 0.4) is 0 Å². The second-order valence-corrected chi connectivity index (χ2v) is 9.44. The molecular weight excluding hydrogens is 517 g/mol. The van der Waals surface area contributed by atoms with Crippen LogP contribution in [0.4, 0.5) is 5.82 Å². The first kappa shape index (κ1) is 38.0. The molecule has 1 aliphatic carbocycles. The van der Waals surface area contributed by atoms with Crippen molar-refractivity contribution in [1.29, 1.82) is 0 Å². The fourth-order valence-electron chi connectivity index (χ4n) is 3.77. The van der Waals surface area contributed by atoms with Crippen molar-refractivity contribution in [3.63, 3.8) is 0 Å². The molecule has 0 amide bonds. The molecule has 0 saturated carbocycles. The number of rotatable bonds is 12. The Balaban J connectivity index is 0. The van der Waals surface area contributed by atoms with Gasteiger partial charge in [-0.15, -0.1) is 0 Å². The van der Waals surface area contributed by atoms with Gasteiger partial charge in [0.2, 0.25) is 0 Å². The number of nitrogens with two attached hydrogens (primary N) is 1. The summed E-state index contributed by atoms with van der Waals surface area (Å²) in [6, 6.07) is 3.64. The molecule has 0 fully saturated rings. The van der Waals surface area contributed by atoms with Gasteiger partial charge in [0.15, 0.2) is 6.29 Å². The molecule has 10 heteroatoms. The van der Waals surface area contributed by atoms with Crippen molar-refractivity contribution in [2.45, 2.75) is 46.6 Å². The van der Waals surface area contributed by atoms with Crippen molar-refractivity contribution in [2.75, 3.05) is 33.1 Å². The number of aldehydes is 1. The van der Waals surface area contributed by atoms with Crippen LogP contribution in [-0.4, -0.2) is 45.2 Å². The number of anilines is 1. The van der Waals surface area contributed by atoms with E-state index in [4.69, 9.17) is 21.1 Å². The number of carbonyl (C=O) groups excluding carboxylic acids is 1. The number of pyridine rings is 1. The van der Waals surface area contributed by atoms with Crippen LogP contribution in [0.25, 0.3) is 6.15 Å². The maximum absolute atomic E-state index is 11.2. The summed E-state index contributed by atoms with van der Waals surface area (Å²) >= 11 is 6.19. The van der Waals surface area contributed by atoms with E-state index in [0.29, 0.717) is 12.3 Å². The first-order valence-corrected chi connectivity index (χ1v) is 12.1. The van der Waals surface area contributed by atoms with Gasteiger partial charge >= 0.3 is 51.4 Å². The normalized spacial score (nSPS) is 16.8. The zero-order valence-electron chi connectivity index (χ0n) is 23.7. The van der Waals surface area contributed by atoms with E-state index in [-0.39, 0.29) is 75.0 Å². The number of nitrogens with zero attached hydrogens (tertiary/aromatic N) is 1. The number of hydrogen-bond acceptors (Lipinski definition) is 7. The molecule has 1 aromatic rings. The molecule has 1 heterocycles. The zero-order valence-corrected chi connectivity index (χ0v) is 27.5. The minimum Gasteiger partial charge on any atom is -0.693 e. The predicted octanol–water partition coefficient (Wildman–Crippen LogP) is 3.11. The monoisotopic (exact) mass is 559 g/mol. The molecule has 0 bridgehead atoms. The Morgan fingerprint density at radius 3 is 2.54 bits per heavy atom. The maximum atomic E-state index is 11.2.